The molecule has 0 aromatic carbocycles. The average Bonchev–Trinajstić information content (AvgIpc) is 3.86. The van der Waals surface area contributed by atoms with E-state index in [1.54, 1.807) is 12.7 Å². The lowest BCUT2D eigenvalue weighted by molar-refractivity contribution is 0.0503. The van der Waals surface area contributed by atoms with Crippen LogP contribution in [0.1, 0.15) is 71.4 Å². The van der Waals surface area contributed by atoms with Crippen LogP contribution in [0.25, 0.3) is 44.6 Å². The first-order valence-electron chi connectivity index (χ1n) is 16.2. The molecule has 2 fully saturated rings. The molecule has 238 valence electrons. The Hall–Kier alpha value is -5.36. The van der Waals surface area contributed by atoms with Gasteiger partial charge in [-0.1, -0.05) is 20.8 Å². The zero-order chi connectivity index (χ0) is 32.5. The van der Waals surface area contributed by atoms with Gasteiger partial charge in [0.25, 0.3) is 0 Å². The van der Waals surface area contributed by atoms with E-state index in [4.69, 9.17) is 5.26 Å². The van der Waals surface area contributed by atoms with Crippen molar-refractivity contribution in [2.24, 2.45) is 23.2 Å². The van der Waals surface area contributed by atoms with E-state index in [1.807, 2.05) is 58.7 Å². The summed E-state index contributed by atoms with van der Waals surface area (Å²) in [6.07, 6.45) is 20.2. The molecule has 12 nitrogen and oxygen atoms in total. The lowest BCUT2D eigenvalue weighted by Crippen LogP contribution is -2.37. The summed E-state index contributed by atoms with van der Waals surface area (Å²) in [4.78, 5) is 23.5. The number of hydrogen-bond acceptors (Lipinski definition) is 8. The molecule has 2 unspecified atom stereocenters. The highest BCUT2D eigenvalue weighted by atomic mass is 15.3. The van der Waals surface area contributed by atoms with Crippen LogP contribution in [0.15, 0.2) is 62.0 Å². The number of H-pyrrole nitrogens is 2. The van der Waals surface area contributed by atoms with Gasteiger partial charge < -0.3 is 9.97 Å². The van der Waals surface area contributed by atoms with Gasteiger partial charge in [-0.25, -0.2) is 19.9 Å². The van der Waals surface area contributed by atoms with Crippen molar-refractivity contribution in [1.82, 2.24) is 49.5 Å². The second-order valence-electron chi connectivity index (χ2n) is 13.9. The lowest BCUT2D eigenvalue weighted by atomic mass is 9.61. The fourth-order valence-corrected chi connectivity index (χ4v) is 7.54. The highest BCUT2D eigenvalue weighted by molar-refractivity contribution is 5.90. The number of nitrogens with zero attached hydrogens (tertiary/aromatic N) is 10. The summed E-state index contributed by atoms with van der Waals surface area (Å²) in [6.45, 7) is 6.83. The molecule has 0 radical (unpaired) electrons. The normalized spacial score (nSPS) is 19.9. The molecule has 2 saturated carbocycles. The molecular formula is C35H38N12. The highest BCUT2D eigenvalue weighted by Gasteiger charge is 2.41. The van der Waals surface area contributed by atoms with Crippen LogP contribution in [0.4, 0.5) is 0 Å². The third-order valence-corrected chi connectivity index (χ3v) is 9.87. The van der Waals surface area contributed by atoms with Crippen LogP contribution >= 0.6 is 0 Å². The van der Waals surface area contributed by atoms with Crippen LogP contribution in [-0.2, 0) is 0 Å². The van der Waals surface area contributed by atoms with E-state index in [2.05, 4.69) is 73.0 Å². The van der Waals surface area contributed by atoms with Crippen LogP contribution in [0, 0.1) is 45.8 Å². The smallest absolute Gasteiger partial charge is 0.141 e. The predicted octanol–water partition coefficient (Wildman–Crippen LogP) is 7.03. The Labute approximate surface area is 272 Å². The molecule has 2 N–H and O–H groups in total. The van der Waals surface area contributed by atoms with Crippen molar-refractivity contribution in [3.8, 4) is 34.7 Å². The fraction of sp³-hybridized carbons (Fsp3) is 0.429. The van der Waals surface area contributed by atoms with Crippen molar-refractivity contribution >= 4 is 22.1 Å². The minimum absolute atomic E-state index is 0.139. The SMILES string of the molecule is CC1(C)CC(C(CC#N)n2cc(-c3ncnc4[nH]ccc34)cn2)C1.CC1CC(C(CC#N)n2cc(-c3ncnc4[nH]ccc34)cn2)C1. The summed E-state index contributed by atoms with van der Waals surface area (Å²) in [5.41, 5.74) is 5.71. The van der Waals surface area contributed by atoms with Gasteiger partial charge in [-0.3, -0.25) is 9.36 Å². The topological polar surface area (TPSA) is 166 Å². The molecule has 2 aliphatic rings. The van der Waals surface area contributed by atoms with Gasteiger partial charge in [-0.05, 0) is 61.0 Å². The van der Waals surface area contributed by atoms with Gasteiger partial charge >= 0.3 is 0 Å². The molecule has 8 rings (SSSR count). The third-order valence-electron chi connectivity index (χ3n) is 9.87. The molecule has 0 bridgehead atoms. The lowest BCUT2D eigenvalue weighted by Gasteiger charge is -2.46. The Morgan fingerprint density at radius 2 is 1.28 bits per heavy atom. The molecule has 2 atom stereocenters. The van der Waals surface area contributed by atoms with E-state index in [0.29, 0.717) is 30.1 Å². The summed E-state index contributed by atoms with van der Waals surface area (Å²) in [6, 6.07) is 8.89. The van der Waals surface area contributed by atoms with Gasteiger partial charge in [0.2, 0.25) is 0 Å². The molecule has 0 amide bonds. The zero-order valence-corrected chi connectivity index (χ0v) is 26.9. The molecule has 0 aliphatic heterocycles. The van der Waals surface area contributed by atoms with E-state index >= 15 is 0 Å². The number of aromatic nitrogens is 10. The second kappa shape index (κ2) is 12.4. The summed E-state index contributed by atoms with van der Waals surface area (Å²) >= 11 is 0. The third kappa shape index (κ3) is 5.99. The van der Waals surface area contributed by atoms with E-state index < -0.39 is 0 Å². The van der Waals surface area contributed by atoms with Gasteiger partial charge in [0, 0.05) is 46.7 Å². The Bertz CT molecular complexity index is 2070. The first kappa shape index (κ1) is 30.3. The van der Waals surface area contributed by atoms with Crippen LogP contribution in [0.5, 0.6) is 0 Å². The average molecular weight is 627 g/mol. The largest absolute Gasteiger partial charge is 0.346 e. The van der Waals surface area contributed by atoms with Crippen molar-refractivity contribution < 1.29 is 0 Å². The molecule has 47 heavy (non-hydrogen) atoms. The molecule has 0 spiro atoms. The summed E-state index contributed by atoms with van der Waals surface area (Å²) < 4.78 is 3.91. The number of fused-ring (bicyclic) bond motifs is 2. The summed E-state index contributed by atoms with van der Waals surface area (Å²) in [5, 5.41) is 29.4. The Morgan fingerprint density at radius 1 is 0.787 bits per heavy atom. The van der Waals surface area contributed by atoms with E-state index in [1.165, 1.54) is 12.8 Å². The number of aromatic amines is 2. The Morgan fingerprint density at radius 3 is 1.72 bits per heavy atom. The first-order valence-corrected chi connectivity index (χ1v) is 16.2. The molecule has 12 heteroatoms. The number of hydrogen-bond donors (Lipinski definition) is 2. The Balaban J connectivity index is 0.000000150. The molecule has 6 aromatic rings. The van der Waals surface area contributed by atoms with Crippen molar-refractivity contribution in [2.45, 2.75) is 71.4 Å². The molecule has 6 heterocycles. The van der Waals surface area contributed by atoms with Gasteiger partial charge in [-0.2, -0.15) is 20.7 Å². The van der Waals surface area contributed by atoms with Crippen LogP contribution in [-0.4, -0.2) is 49.5 Å². The van der Waals surface area contributed by atoms with E-state index in [-0.39, 0.29) is 12.1 Å². The Kier molecular flexibility index (Phi) is 8.02. The van der Waals surface area contributed by atoms with Gasteiger partial charge in [0.1, 0.15) is 23.9 Å². The first-order chi connectivity index (χ1) is 22.8. The highest BCUT2D eigenvalue weighted by Crippen LogP contribution is 2.50. The number of rotatable bonds is 8. The van der Waals surface area contributed by atoms with Crippen molar-refractivity contribution in [3.05, 3.63) is 62.0 Å². The van der Waals surface area contributed by atoms with Gasteiger partial charge in [-0.15, -0.1) is 0 Å². The minimum atomic E-state index is 0.139. The number of nitriles is 2. The second-order valence-corrected chi connectivity index (χ2v) is 13.9. The van der Waals surface area contributed by atoms with Crippen molar-refractivity contribution in [3.63, 3.8) is 0 Å². The quantitative estimate of drug-likeness (QED) is 0.181. The molecule has 6 aromatic heterocycles. The maximum Gasteiger partial charge on any atom is 0.141 e. The van der Waals surface area contributed by atoms with Crippen LogP contribution in [0.3, 0.4) is 0 Å². The summed E-state index contributed by atoms with van der Waals surface area (Å²) in [7, 11) is 0. The van der Waals surface area contributed by atoms with Gasteiger partial charge in [0.15, 0.2) is 0 Å². The maximum absolute atomic E-state index is 9.22. The molecule has 0 saturated heterocycles. The minimum Gasteiger partial charge on any atom is -0.346 e. The van der Waals surface area contributed by atoms with Gasteiger partial charge in [0.05, 0.1) is 60.8 Å². The summed E-state index contributed by atoms with van der Waals surface area (Å²) in [5.74, 6) is 1.83. The molecular weight excluding hydrogens is 588 g/mol. The zero-order valence-electron chi connectivity index (χ0n) is 26.9. The van der Waals surface area contributed by atoms with Crippen molar-refractivity contribution in [1.29, 1.82) is 10.5 Å². The van der Waals surface area contributed by atoms with E-state index in [9.17, 15) is 5.26 Å². The van der Waals surface area contributed by atoms with Crippen LogP contribution in [0.2, 0.25) is 0 Å². The standard InChI is InChI=1S/C18H20N6.C17H18N6/c1-18(2)7-12(8-18)15(3-5-19)24-10-13(9-23-24)16-14-4-6-20-17(14)22-11-21-16;1-11-6-12(7-11)15(2-4-18)23-9-13(8-22-23)16-14-3-5-19-17(14)21-10-20-16/h4,6,9-12,15H,3,7-8H2,1-2H3,(H,20,21,22);3,5,8-12,15H,2,6-7H2,1H3,(H,19,20,21). The van der Waals surface area contributed by atoms with Crippen LogP contribution < -0.4 is 0 Å². The van der Waals surface area contributed by atoms with E-state index in [0.717, 1.165) is 63.3 Å². The fourth-order valence-electron chi connectivity index (χ4n) is 7.54. The molecule has 2 aliphatic carbocycles. The maximum atomic E-state index is 9.22. The predicted molar refractivity (Wildman–Crippen MR) is 177 cm³/mol. The monoisotopic (exact) mass is 626 g/mol. The number of nitrogens with one attached hydrogen (secondary N) is 2. The van der Waals surface area contributed by atoms with Crippen molar-refractivity contribution in [2.75, 3.05) is 0 Å².